The van der Waals surface area contributed by atoms with Crippen molar-refractivity contribution in [2.75, 3.05) is 0 Å². The van der Waals surface area contributed by atoms with Crippen molar-refractivity contribution in [1.29, 1.82) is 0 Å². The maximum atomic E-state index is 3.24. The Kier molecular flexibility index (Phi) is 8.42. The van der Waals surface area contributed by atoms with Gasteiger partial charge in [-0.05, 0) is 17.8 Å². The summed E-state index contributed by atoms with van der Waals surface area (Å²) in [5.41, 5.74) is 0. The quantitative estimate of drug-likeness (QED) is 0.578. The molecule has 0 aromatic rings. The van der Waals surface area contributed by atoms with Gasteiger partial charge in [0.15, 0.2) is 0 Å². The fourth-order valence-corrected chi connectivity index (χ4v) is 1.02. The topological polar surface area (TPSA) is 0 Å². The predicted molar refractivity (Wildman–Crippen MR) is 46.8 cm³/mol. The molecule has 0 radical (unpaired) electrons. The summed E-state index contributed by atoms with van der Waals surface area (Å²) in [7, 11) is 0. The Hall–Kier alpha value is 0.220. The number of unbranched alkanes of at least 4 members (excludes halogenated alkanes) is 4. The molecule has 0 fully saturated rings. The summed E-state index contributed by atoms with van der Waals surface area (Å²) in [4.78, 5) is 1.94. The molecule has 0 aromatic carbocycles. The number of halogens is 1. The molecule has 0 spiro atoms. The lowest BCUT2D eigenvalue weighted by Crippen LogP contribution is -1.72. The molecule has 0 nitrogen and oxygen atoms in total. The minimum absolute atomic E-state index is 1.23. The van der Waals surface area contributed by atoms with Crippen molar-refractivity contribution in [1.82, 2.24) is 0 Å². The maximum absolute atomic E-state index is 3.24. The highest BCUT2D eigenvalue weighted by molar-refractivity contribution is 9.11. The summed E-state index contributed by atoms with van der Waals surface area (Å²) in [5, 5.41) is 0. The van der Waals surface area contributed by atoms with Crippen molar-refractivity contribution in [3.8, 4) is 0 Å². The third-order valence-electron chi connectivity index (χ3n) is 1.31. The van der Waals surface area contributed by atoms with Gasteiger partial charge in [0, 0.05) is 0 Å². The molecule has 0 aliphatic carbocycles. The van der Waals surface area contributed by atoms with Crippen LogP contribution in [-0.2, 0) is 0 Å². The predicted octanol–water partition coefficient (Wildman–Crippen LogP) is 3.87. The summed E-state index contributed by atoms with van der Waals surface area (Å²) in [6, 6.07) is 0. The lowest BCUT2D eigenvalue weighted by molar-refractivity contribution is 0.675. The molecule has 0 saturated heterocycles. The molecule has 0 aliphatic rings. The van der Waals surface area contributed by atoms with Gasteiger partial charge in [0.05, 0.1) is 0 Å². The van der Waals surface area contributed by atoms with Gasteiger partial charge in [-0.2, -0.15) is 0 Å². The second-order valence-corrected chi connectivity index (χ2v) is 2.74. The second kappa shape index (κ2) is 8.22. The van der Waals surface area contributed by atoms with Crippen molar-refractivity contribution < 1.29 is 0 Å². The monoisotopic (exact) mass is 190 g/mol. The van der Waals surface area contributed by atoms with Gasteiger partial charge in [0.2, 0.25) is 0 Å². The largest absolute Gasteiger partial charge is 0.0776 e. The van der Waals surface area contributed by atoms with Gasteiger partial charge in [-0.15, -0.1) is 0 Å². The van der Waals surface area contributed by atoms with Gasteiger partial charge in [-0.3, -0.25) is 0 Å². The average Bonchev–Trinajstić information content (AvgIpc) is 1.89. The van der Waals surface area contributed by atoms with E-state index in [1.165, 1.54) is 32.1 Å². The van der Waals surface area contributed by atoms with Crippen LogP contribution in [0, 0.1) is 0 Å². The van der Waals surface area contributed by atoms with Crippen LogP contribution in [0.2, 0.25) is 0 Å². The fourth-order valence-electron chi connectivity index (χ4n) is 0.752. The van der Waals surface area contributed by atoms with Crippen molar-refractivity contribution in [2.24, 2.45) is 0 Å². The van der Waals surface area contributed by atoms with Gasteiger partial charge < -0.3 is 0 Å². The Morgan fingerprint density at radius 1 is 1.22 bits per heavy atom. The van der Waals surface area contributed by atoms with E-state index < -0.39 is 0 Å². The van der Waals surface area contributed by atoms with Gasteiger partial charge in [-0.25, -0.2) is 0 Å². The van der Waals surface area contributed by atoms with Gasteiger partial charge in [-0.1, -0.05) is 48.2 Å². The first-order valence-electron chi connectivity index (χ1n) is 3.67. The molecule has 0 saturated carbocycles. The maximum Gasteiger partial charge on any atom is -0.0229 e. The Balaban J connectivity index is 2.75. The van der Waals surface area contributed by atoms with E-state index in [1.807, 2.05) is 4.99 Å². The minimum Gasteiger partial charge on any atom is -0.0776 e. The van der Waals surface area contributed by atoms with Crippen LogP contribution in [0.3, 0.4) is 0 Å². The van der Waals surface area contributed by atoms with Gasteiger partial charge in [0.1, 0.15) is 0 Å². The van der Waals surface area contributed by atoms with E-state index in [2.05, 4.69) is 28.9 Å². The zero-order chi connectivity index (χ0) is 6.95. The van der Waals surface area contributed by atoms with E-state index in [-0.39, 0.29) is 0 Å². The third-order valence-corrected chi connectivity index (χ3v) is 1.69. The van der Waals surface area contributed by atoms with Crippen molar-refractivity contribution in [2.45, 2.75) is 39.0 Å². The minimum atomic E-state index is 1.23. The standard InChI is InChI=1S/C8H15Br/c1-2-3-4-5-6-7-8-9/h7-8H,2-6H2,1H3/b8-7-. The zero-order valence-electron chi connectivity index (χ0n) is 6.07. The summed E-state index contributed by atoms with van der Waals surface area (Å²) < 4.78 is 0. The first-order chi connectivity index (χ1) is 4.41. The zero-order valence-corrected chi connectivity index (χ0v) is 7.65. The van der Waals surface area contributed by atoms with E-state index in [1.54, 1.807) is 0 Å². The van der Waals surface area contributed by atoms with Crippen molar-refractivity contribution >= 4 is 15.9 Å². The molecular formula is C8H15Br. The highest BCUT2D eigenvalue weighted by Crippen LogP contribution is 2.03. The lowest BCUT2D eigenvalue weighted by atomic mass is 10.2. The van der Waals surface area contributed by atoms with Crippen LogP contribution in [0.5, 0.6) is 0 Å². The summed E-state index contributed by atoms with van der Waals surface area (Å²) in [6.07, 6.45) is 8.83. The average molecular weight is 191 g/mol. The summed E-state index contributed by atoms with van der Waals surface area (Å²) in [5.74, 6) is 0. The van der Waals surface area contributed by atoms with E-state index in [0.29, 0.717) is 0 Å². The summed E-state index contributed by atoms with van der Waals surface area (Å²) in [6.45, 7) is 2.24. The highest BCUT2D eigenvalue weighted by atomic mass is 79.9. The molecule has 1 heteroatoms. The van der Waals surface area contributed by atoms with E-state index >= 15 is 0 Å². The molecule has 0 N–H and O–H groups in total. The highest BCUT2D eigenvalue weighted by Gasteiger charge is 1.82. The van der Waals surface area contributed by atoms with Crippen LogP contribution >= 0.6 is 15.9 Å². The smallest absolute Gasteiger partial charge is 0.0229 e. The summed E-state index contributed by atoms with van der Waals surface area (Å²) >= 11 is 3.24. The van der Waals surface area contributed by atoms with Crippen molar-refractivity contribution in [3.05, 3.63) is 11.1 Å². The van der Waals surface area contributed by atoms with Gasteiger partial charge in [0.25, 0.3) is 0 Å². The SMILES string of the molecule is CCCCCC/C=C\Br. The van der Waals surface area contributed by atoms with Crippen LogP contribution in [0.1, 0.15) is 39.0 Å². The van der Waals surface area contributed by atoms with Crippen LogP contribution in [0.4, 0.5) is 0 Å². The first-order valence-corrected chi connectivity index (χ1v) is 4.58. The molecular weight excluding hydrogens is 176 g/mol. The third kappa shape index (κ3) is 8.22. The number of hydrogen-bond donors (Lipinski definition) is 0. The number of hydrogen-bond acceptors (Lipinski definition) is 0. The Morgan fingerprint density at radius 3 is 2.56 bits per heavy atom. The van der Waals surface area contributed by atoms with E-state index in [0.717, 1.165) is 0 Å². The molecule has 0 atom stereocenters. The van der Waals surface area contributed by atoms with E-state index in [9.17, 15) is 0 Å². The molecule has 9 heavy (non-hydrogen) atoms. The molecule has 0 aliphatic heterocycles. The van der Waals surface area contributed by atoms with E-state index in [4.69, 9.17) is 0 Å². The van der Waals surface area contributed by atoms with Crippen LogP contribution in [0.25, 0.3) is 0 Å². The van der Waals surface area contributed by atoms with Crippen molar-refractivity contribution in [3.63, 3.8) is 0 Å². The van der Waals surface area contributed by atoms with Crippen LogP contribution in [-0.4, -0.2) is 0 Å². The second-order valence-electron chi connectivity index (χ2n) is 2.21. The first kappa shape index (κ1) is 9.22. The molecule has 0 aromatic heterocycles. The molecule has 0 unspecified atom stereocenters. The molecule has 0 rings (SSSR count). The fraction of sp³-hybridized carbons (Fsp3) is 0.750. The molecule has 54 valence electrons. The lowest BCUT2D eigenvalue weighted by Gasteiger charge is -1.92. The normalized spacial score (nSPS) is 10.9. The Labute approximate surface area is 66.5 Å². The van der Waals surface area contributed by atoms with Crippen LogP contribution in [0.15, 0.2) is 11.1 Å². The van der Waals surface area contributed by atoms with Gasteiger partial charge >= 0.3 is 0 Å². The van der Waals surface area contributed by atoms with Crippen LogP contribution < -0.4 is 0 Å². The Bertz CT molecular complexity index is 67.0. The number of allylic oxidation sites excluding steroid dienone is 1. The molecule has 0 amide bonds. The molecule has 0 heterocycles. The molecule has 0 bridgehead atoms. The number of rotatable bonds is 5. The Morgan fingerprint density at radius 2 is 2.00 bits per heavy atom.